The van der Waals surface area contributed by atoms with Crippen LogP contribution in [0.4, 0.5) is 5.82 Å². The van der Waals surface area contributed by atoms with Gasteiger partial charge in [-0.05, 0) is 12.7 Å². The Morgan fingerprint density at radius 1 is 1.43 bits per heavy atom. The second-order valence-electron chi connectivity index (χ2n) is 2.93. The zero-order chi connectivity index (χ0) is 10.6. The van der Waals surface area contributed by atoms with Crippen LogP contribution in [0, 0.1) is 0 Å². The summed E-state index contributed by atoms with van der Waals surface area (Å²) >= 11 is 1.46. The topological polar surface area (TPSA) is 72.0 Å². The first-order valence-electron chi connectivity index (χ1n) is 4.53. The number of nitrogens with zero attached hydrogens (tertiary/aromatic N) is 2. The van der Waals surface area contributed by atoms with Crippen molar-refractivity contribution in [2.75, 3.05) is 12.0 Å². The van der Waals surface area contributed by atoms with Gasteiger partial charge in [0.25, 0.3) is 0 Å². The van der Waals surface area contributed by atoms with E-state index in [1.54, 1.807) is 0 Å². The summed E-state index contributed by atoms with van der Waals surface area (Å²) in [5, 5.41) is 9.79. The average Bonchev–Trinajstić information content (AvgIpc) is 2.18. The van der Waals surface area contributed by atoms with Gasteiger partial charge in [-0.15, -0.1) is 0 Å². The van der Waals surface area contributed by atoms with E-state index in [0.717, 1.165) is 18.5 Å². The van der Waals surface area contributed by atoms with Gasteiger partial charge in [0.1, 0.15) is 5.82 Å². The first-order valence-corrected chi connectivity index (χ1v) is 5.75. The van der Waals surface area contributed by atoms with Crippen LogP contribution in [0.2, 0.25) is 0 Å². The molecule has 0 aliphatic rings. The van der Waals surface area contributed by atoms with E-state index in [4.69, 9.17) is 10.8 Å². The molecule has 0 fully saturated rings. The van der Waals surface area contributed by atoms with Crippen molar-refractivity contribution in [1.82, 2.24) is 9.97 Å². The highest BCUT2D eigenvalue weighted by atomic mass is 32.2. The Morgan fingerprint density at radius 2 is 2.14 bits per heavy atom. The van der Waals surface area contributed by atoms with Gasteiger partial charge in [-0.25, -0.2) is 9.97 Å². The molecular formula is C9H15N3OS. The van der Waals surface area contributed by atoms with Crippen molar-refractivity contribution in [1.29, 1.82) is 0 Å². The highest BCUT2D eigenvalue weighted by Gasteiger charge is 2.10. The molecule has 1 rings (SSSR count). The Balaban J connectivity index is 3.13. The quantitative estimate of drug-likeness (QED) is 0.581. The second-order valence-corrected chi connectivity index (χ2v) is 3.70. The first kappa shape index (κ1) is 11.3. The molecule has 14 heavy (non-hydrogen) atoms. The molecule has 5 heteroatoms. The molecule has 0 aliphatic carbocycles. The minimum atomic E-state index is -0.0875. The van der Waals surface area contributed by atoms with E-state index in [0.29, 0.717) is 16.5 Å². The fourth-order valence-corrected chi connectivity index (χ4v) is 1.62. The molecule has 0 atom stereocenters. The molecule has 0 bridgehead atoms. The van der Waals surface area contributed by atoms with Gasteiger partial charge in [0, 0.05) is 5.56 Å². The van der Waals surface area contributed by atoms with Crippen LogP contribution in [0.1, 0.15) is 24.6 Å². The summed E-state index contributed by atoms with van der Waals surface area (Å²) in [6.45, 7) is 1.98. The normalized spacial score (nSPS) is 10.5. The van der Waals surface area contributed by atoms with E-state index in [1.807, 2.05) is 6.26 Å². The van der Waals surface area contributed by atoms with Gasteiger partial charge < -0.3 is 10.8 Å². The number of hydrogen-bond donors (Lipinski definition) is 2. The van der Waals surface area contributed by atoms with E-state index >= 15 is 0 Å². The van der Waals surface area contributed by atoms with Crippen LogP contribution >= 0.6 is 11.8 Å². The zero-order valence-corrected chi connectivity index (χ0v) is 9.27. The van der Waals surface area contributed by atoms with Crippen LogP contribution in [0.5, 0.6) is 0 Å². The van der Waals surface area contributed by atoms with Crippen molar-refractivity contribution in [2.45, 2.75) is 31.5 Å². The summed E-state index contributed by atoms with van der Waals surface area (Å²) in [6.07, 6.45) is 3.72. The fraction of sp³-hybridized carbons (Fsp3) is 0.556. The van der Waals surface area contributed by atoms with Crippen molar-refractivity contribution in [3.05, 3.63) is 11.3 Å². The Hall–Kier alpha value is -0.810. The smallest absolute Gasteiger partial charge is 0.189 e. The average molecular weight is 213 g/mol. The van der Waals surface area contributed by atoms with Crippen molar-refractivity contribution in [3.63, 3.8) is 0 Å². The number of aromatic nitrogens is 2. The number of anilines is 1. The maximum absolute atomic E-state index is 9.12. The molecule has 1 aromatic rings. The SMILES string of the molecule is CCCc1nc(SC)nc(N)c1CO. The predicted octanol–water partition coefficient (Wildman–Crippen LogP) is 1.23. The van der Waals surface area contributed by atoms with Gasteiger partial charge in [-0.1, -0.05) is 25.1 Å². The summed E-state index contributed by atoms with van der Waals surface area (Å²) < 4.78 is 0. The number of aryl methyl sites for hydroxylation is 1. The lowest BCUT2D eigenvalue weighted by Crippen LogP contribution is -2.07. The van der Waals surface area contributed by atoms with Crippen LogP contribution in [0.25, 0.3) is 0 Å². The van der Waals surface area contributed by atoms with Crippen molar-refractivity contribution in [2.24, 2.45) is 0 Å². The number of hydrogen-bond acceptors (Lipinski definition) is 5. The lowest BCUT2D eigenvalue weighted by molar-refractivity contribution is 0.280. The molecule has 0 unspecified atom stereocenters. The van der Waals surface area contributed by atoms with Gasteiger partial charge >= 0.3 is 0 Å². The molecule has 3 N–H and O–H groups in total. The van der Waals surface area contributed by atoms with E-state index < -0.39 is 0 Å². The Kier molecular flexibility index (Phi) is 4.16. The van der Waals surface area contributed by atoms with Crippen LogP contribution in [0.3, 0.4) is 0 Å². The molecule has 1 heterocycles. The molecule has 0 spiro atoms. The lowest BCUT2D eigenvalue weighted by Gasteiger charge is -2.09. The minimum absolute atomic E-state index is 0.0875. The summed E-state index contributed by atoms with van der Waals surface area (Å²) in [5.74, 6) is 0.398. The number of nitrogens with two attached hydrogens (primary N) is 1. The molecule has 78 valence electrons. The zero-order valence-electron chi connectivity index (χ0n) is 8.45. The van der Waals surface area contributed by atoms with Gasteiger partial charge in [-0.3, -0.25) is 0 Å². The number of rotatable bonds is 4. The van der Waals surface area contributed by atoms with Gasteiger partial charge in [0.15, 0.2) is 5.16 Å². The monoisotopic (exact) mass is 213 g/mol. The highest BCUT2D eigenvalue weighted by molar-refractivity contribution is 7.98. The van der Waals surface area contributed by atoms with E-state index in [9.17, 15) is 0 Å². The Bertz CT molecular complexity index is 317. The molecule has 0 radical (unpaired) electrons. The third-order valence-corrected chi connectivity index (χ3v) is 2.48. The number of aliphatic hydroxyl groups excluding tert-OH is 1. The number of aliphatic hydroxyl groups is 1. The Morgan fingerprint density at radius 3 is 2.64 bits per heavy atom. The summed E-state index contributed by atoms with van der Waals surface area (Å²) in [5.41, 5.74) is 7.25. The Labute approximate surface area is 88.0 Å². The molecule has 0 amide bonds. The van der Waals surface area contributed by atoms with Crippen molar-refractivity contribution < 1.29 is 5.11 Å². The molecule has 0 saturated heterocycles. The van der Waals surface area contributed by atoms with Crippen molar-refractivity contribution in [3.8, 4) is 0 Å². The van der Waals surface area contributed by atoms with Crippen LogP contribution < -0.4 is 5.73 Å². The molecule has 1 aromatic heterocycles. The largest absolute Gasteiger partial charge is 0.391 e. The fourth-order valence-electron chi connectivity index (χ4n) is 1.23. The van der Waals surface area contributed by atoms with Gasteiger partial charge in [-0.2, -0.15) is 0 Å². The number of thioether (sulfide) groups is 1. The summed E-state index contributed by atoms with van der Waals surface area (Å²) in [7, 11) is 0. The minimum Gasteiger partial charge on any atom is -0.391 e. The maximum Gasteiger partial charge on any atom is 0.189 e. The van der Waals surface area contributed by atoms with Crippen LogP contribution in [-0.4, -0.2) is 21.3 Å². The standard InChI is InChI=1S/C9H15N3OS/c1-3-4-7-6(5-13)8(10)12-9(11-7)14-2/h13H,3-5H2,1-2H3,(H2,10,11,12). The highest BCUT2D eigenvalue weighted by Crippen LogP contribution is 2.19. The third kappa shape index (κ3) is 2.36. The third-order valence-electron chi connectivity index (χ3n) is 1.93. The van der Waals surface area contributed by atoms with E-state index in [2.05, 4.69) is 16.9 Å². The maximum atomic E-state index is 9.12. The van der Waals surface area contributed by atoms with Crippen LogP contribution in [-0.2, 0) is 13.0 Å². The molecule has 4 nitrogen and oxygen atoms in total. The molecule has 0 saturated carbocycles. The van der Waals surface area contributed by atoms with Gasteiger partial charge in [0.2, 0.25) is 0 Å². The lowest BCUT2D eigenvalue weighted by atomic mass is 10.1. The predicted molar refractivity (Wildman–Crippen MR) is 58.1 cm³/mol. The van der Waals surface area contributed by atoms with Gasteiger partial charge in [0.05, 0.1) is 12.3 Å². The summed E-state index contributed by atoms with van der Waals surface area (Å²) in [6, 6.07) is 0. The first-order chi connectivity index (χ1) is 6.72. The summed E-state index contributed by atoms with van der Waals surface area (Å²) in [4.78, 5) is 8.40. The molecular weight excluding hydrogens is 198 g/mol. The number of nitrogen functional groups attached to an aromatic ring is 1. The van der Waals surface area contributed by atoms with Crippen LogP contribution in [0.15, 0.2) is 5.16 Å². The van der Waals surface area contributed by atoms with Crippen molar-refractivity contribution >= 4 is 17.6 Å². The molecule has 0 aromatic carbocycles. The van der Waals surface area contributed by atoms with E-state index in [-0.39, 0.29) is 6.61 Å². The second kappa shape index (κ2) is 5.17. The molecule has 0 aliphatic heterocycles. The van der Waals surface area contributed by atoms with E-state index in [1.165, 1.54) is 11.8 Å².